The number of hydrogen-bond acceptors (Lipinski definition) is 5. The van der Waals surface area contributed by atoms with Crippen LogP contribution in [0.2, 0.25) is 5.15 Å². The summed E-state index contributed by atoms with van der Waals surface area (Å²) in [6.45, 7) is 1.49. The largest absolute Gasteiger partial charge is 0.325 e. The van der Waals surface area contributed by atoms with Crippen LogP contribution < -0.4 is 5.32 Å². The Bertz CT molecular complexity index is 1070. The predicted octanol–water partition coefficient (Wildman–Crippen LogP) is 5.42. The van der Waals surface area contributed by atoms with Crippen molar-refractivity contribution in [1.82, 2.24) is 4.98 Å². The maximum absolute atomic E-state index is 12.3. The van der Waals surface area contributed by atoms with Crippen molar-refractivity contribution in [1.29, 1.82) is 0 Å². The molecule has 1 aromatic heterocycles. The van der Waals surface area contributed by atoms with Crippen molar-refractivity contribution in [3.63, 3.8) is 0 Å². The lowest BCUT2D eigenvalue weighted by atomic mass is 10.1. The molecule has 7 heteroatoms. The van der Waals surface area contributed by atoms with Crippen LogP contribution in [0.25, 0.3) is 0 Å². The average molecular weight is 424 g/mol. The van der Waals surface area contributed by atoms with Crippen LogP contribution in [0.1, 0.15) is 22.8 Å². The molecule has 0 atom stereocenters. The van der Waals surface area contributed by atoms with Crippen LogP contribution in [-0.2, 0) is 4.79 Å². The smallest absolute Gasteiger partial charge is 0.234 e. The molecule has 0 aliphatic carbocycles. The first-order chi connectivity index (χ1) is 14.0. The van der Waals surface area contributed by atoms with Crippen molar-refractivity contribution in [2.75, 3.05) is 11.1 Å². The summed E-state index contributed by atoms with van der Waals surface area (Å²) in [6, 6.07) is 18.1. The van der Waals surface area contributed by atoms with Gasteiger partial charge in [0.2, 0.25) is 5.91 Å². The molecule has 0 unspecified atom stereocenters. The van der Waals surface area contributed by atoms with Crippen LogP contribution in [0, 0.1) is 0 Å². The second kappa shape index (κ2) is 10.0. The topological polar surface area (TPSA) is 71.4 Å². The van der Waals surface area contributed by atoms with Crippen molar-refractivity contribution in [3.05, 3.63) is 83.1 Å². The van der Waals surface area contributed by atoms with Gasteiger partial charge >= 0.3 is 0 Å². The lowest BCUT2D eigenvalue weighted by Crippen LogP contribution is -2.14. The minimum Gasteiger partial charge on any atom is -0.325 e. The summed E-state index contributed by atoms with van der Waals surface area (Å²) in [5, 5.41) is 3.20. The van der Waals surface area contributed by atoms with Gasteiger partial charge in [-0.05, 0) is 43.3 Å². The van der Waals surface area contributed by atoms with E-state index >= 15 is 0 Å². The summed E-state index contributed by atoms with van der Waals surface area (Å²) in [5.74, 6) is 0.00516. The predicted molar refractivity (Wildman–Crippen MR) is 119 cm³/mol. The Kier molecular flexibility index (Phi) is 7.16. The van der Waals surface area contributed by atoms with E-state index in [2.05, 4.69) is 15.3 Å². The van der Waals surface area contributed by atoms with E-state index < -0.39 is 0 Å². The fourth-order valence-corrected chi connectivity index (χ4v) is 3.45. The summed E-state index contributed by atoms with van der Waals surface area (Å²) < 4.78 is 0. The number of thioether (sulfide) groups is 1. The number of aliphatic imine (C=N–C) groups is 1. The number of Topliss-reactive ketones (excluding diaryl/α,β-unsaturated/α-hetero) is 1. The molecule has 5 nitrogen and oxygen atoms in total. The second-order valence-corrected chi connectivity index (χ2v) is 7.46. The van der Waals surface area contributed by atoms with E-state index in [1.54, 1.807) is 42.7 Å². The summed E-state index contributed by atoms with van der Waals surface area (Å²) >= 11 is 7.44. The molecule has 0 saturated carbocycles. The number of anilines is 1. The van der Waals surface area contributed by atoms with Crippen LogP contribution in [-0.4, -0.2) is 28.6 Å². The van der Waals surface area contributed by atoms with E-state index in [1.807, 2.05) is 30.3 Å². The number of nitrogens with zero attached hydrogens (tertiary/aromatic N) is 2. The van der Waals surface area contributed by atoms with Gasteiger partial charge in [0.1, 0.15) is 5.15 Å². The van der Waals surface area contributed by atoms with Crippen molar-refractivity contribution in [3.8, 4) is 0 Å². The zero-order valence-electron chi connectivity index (χ0n) is 15.6. The Morgan fingerprint density at radius 1 is 1.14 bits per heavy atom. The van der Waals surface area contributed by atoms with E-state index in [0.29, 0.717) is 16.4 Å². The van der Waals surface area contributed by atoms with Crippen LogP contribution in [0.4, 0.5) is 11.4 Å². The van der Waals surface area contributed by atoms with Gasteiger partial charge in [-0.25, -0.2) is 4.98 Å². The number of halogens is 1. The highest BCUT2D eigenvalue weighted by Crippen LogP contribution is 2.29. The highest BCUT2D eigenvalue weighted by Gasteiger charge is 2.08. The summed E-state index contributed by atoms with van der Waals surface area (Å²) in [6.07, 6.45) is 3.27. The Hall–Kier alpha value is -2.96. The van der Waals surface area contributed by atoms with Gasteiger partial charge in [-0.3, -0.25) is 14.6 Å². The van der Waals surface area contributed by atoms with Gasteiger partial charge in [0.05, 0.1) is 11.4 Å². The second-order valence-electron chi connectivity index (χ2n) is 6.08. The molecule has 146 valence electrons. The van der Waals surface area contributed by atoms with Gasteiger partial charge in [0.15, 0.2) is 5.78 Å². The van der Waals surface area contributed by atoms with Crippen molar-refractivity contribution < 1.29 is 9.59 Å². The van der Waals surface area contributed by atoms with Gasteiger partial charge in [0, 0.05) is 34.1 Å². The van der Waals surface area contributed by atoms with Gasteiger partial charge in [-0.1, -0.05) is 35.9 Å². The van der Waals surface area contributed by atoms with Crippen LogP contribution in [0.15, 0.2) is 76.7 Å². The lowest BCUT2D eigenvalue weighted by Gasteiger charge is -2.08. The van der Waals surface area contributed by atoms with Gasteiger partial charge in [-0.2, -0.15) is 0 Å². The number of rotatable bonds is 7. The highest BCUT2D eigenvalue weighted by atomic mass is 35.5. The molecule has 0 radical (unpaired) electrons. The number of nitrogens with one attached hydrogen (secondary N) is 1. The van der Waals surface area contributed by atoms with Crippen molar-refractivity contribution in [2.24, 2.45) is 4.99 Å². The molecule has 3 rings (SSSR count). The zero-order chi connectivity index (χ0) is 20.6. The molecule has 0 fully saturated rings. The fraction of sp³-hybridized carbons (Fsp3) is 0.0909. The number of aromatic nitrogens is 1. The zero-order valence-corrected chi connectivity index (χ0v) is 17.2. The molecule has 0 spiro atoms. The minimum absolute atomic E-state index is 0.0454. The maximum atomic E-state index is 12.3. The monoisotopic (exact) mass is 423 g/mol. The van der Waals surface area contributed by atoms with Gasteiger partial charge < -0.3 is 5.32 Å². The standard InChI is InChI=1S/C22H18ClN3O2S/c1-15(27)16-6-4-8-18(12-16)26-21(28)14-29-20-10-3-2-9-19(20)25-13-17-7-5-11-24-22(17)23/h2-13H,14H2,1H3,(H,26,28). The molecule has 2 aromatic carbocycles. The Morgan fingerprint density at radius 3 is 2.76 bits per heavy atom. The number of ketones is 1. The van der Waals surface area contributed by atoms with E-state index in [1.165, 1.54) is 18.7 Å². The number of carbonyl (C=O) groups excluding carboxylic acids is 2. The fourth-order valence-electron chi connectivity index (χ4n) is 2.48. The molecular weight excluding hydrogens is 406 g/mol. The van der Waals surface area contributed by atoms with Crippen LogP contribution >= 0.6 is 23.4 Å². The minimum atomic E-state index is -0.162. The molecular formula is C22H18ClN3O2S. The number of carbonyl (C=O) groups is 2. The van der Waals surface area contributed by atoms with Gasteiger partial charge in [0.25, 0.3) is 0 Å². The van der Waals surface area contributed by atoms with E-state index in [0.717, 1.165) is 16.1 Å². The number of benzene rings is 2. The first-order valence-corrected chi connectivity index (χ1v) is 10.2. The molecule has 0 aliphatic rings. The number of amides is 1. The molecule has 1 N–H and O–H groups in total. The van der Waals surface area contributed by atoms with E-state index in [-0.39, 0.29) is 17.4 Å². The maximum Gasteiger partial charge on any atom is 0.234 e. The third kappa shape index (κ3) is 6.01. The lowest BCUT2D eigenvalue weighted by molar-refractivity contribution is -0.113. The Morgan fingerprint density at radius 2 is 1.97 bits per heavy atom. The Labute approximate surface area is 178 Å². The molecule has 1 amide bonds. The summed E-state index contributed by atoms with van der Waals surface area (Å²) in [7, 11) is 0. The third-order valence-corrected chi connectivity index (χ3v) is 5.29. The summed E-state index contributed by atoms with van der Waals surface area (Å²) in [5.41, 5.74) is 2.62. The normalized spacial score (nSPS) is 10.8. The van der Waals surface area contributed by atoms with Crippen LogP contribution in [0.5, 0.6) is 0 Å². The van der Waals surface area contributed by atoms with E-state index in [9.17, 15) is 9.59 Å². The number of para-hydroxylation sites is 1. The quantitative estimate of drug-likeness (QED) is 0.238. The van der Waals surface area contributed by atoms with Gasteiger partial charge in [-0.15, -0.1) is 11.8 Å². The molecule has 0 aliphatic heterocycles. The number of hydrogen-bond donors (Lipinski definition) is 1. The highest BCUT2D eigenvalue weighted by molar-refractivity contribution is 8.00. The molecule has 0 saturated heterocycles. The molecule has 0 bridgehead atoms. The third-order valence-electron chi connectivity index (χ3n) is 3.91. The molecule has 29 heavy (non-hydrogen) atoms. The first-order valence-electron chi connectivity index (χ1n) is 8.80. The van der Waals surface area contributed by atoms with Crippen LogP contribution in [0.3, 0.4) is 0 Å². The van der Waals surface area contributed by atoms with E-state index in [4.69, 9.17) is 11.6 Å². The number of pyridine rings is 1. The average Bonchev–Trinajstić information content (AvgIpc) is 2.72. The summed E-state index contributed by atoms with van der Waals surface area (Å²) in [4.78, 5) is 33.2. The molecule has 3 aromatic rings. The Balaban J connectivity index is 1.65. The van der Waals surface area contributed by atoms with Crippen molar-refractivity contribution >= 4 is 52.6 Å². The SMILES string of the molecule is CC(=O)c1cccc(NC(=O)CSc2ccccc2N=Cc2cccnc2Cl)c1. The van der Waals surface area contributed by atoms with Crippen molar-refractivity contribution in [2.45, 2.75) is 11.8 Å². The molecule has 1 heterocycles. The first kappa shape index (κ1) is 20.8.